The Morgan fingerprint density at radius 3 is 2.80 bits per heavy atom. The molecule has 4 rings (SSSR count). The van der Waals surface area contributed by atoms with Crippen LogP contribution in [-0.4, -0.2) is 16.5 Å². The average Bonchev–Trinajstić information content (AvgIpc) is 3.00. The Kier molecular flexibility index (Phi) is 3.76. The van der Waals surface area contributed by atoms with E-state index in [2.05, 4.69) is 28.7 Å². The van der Waals surface area contributed by atoms with Crippen LogP contribution >= 0.6 is 11.6 Å². The first kappa shape index (κ1) is 16.1. The highest BCUT2D eigenvalue weighted by atomic mass is 35.5. The lowest BCUT2D eigenvalue weighted by Gasteiger charge is -2.37. The third kappa shape index (κ3) is 2.89. The van der Waals surface area contributed by atoms with Gasteiger partial charge >= 0.3 is 0 Å². The zero-order chi connectivity index (χ0) is 17.6. The smallest absolute Gasteiger partial charge is 0.245 e. The largest absolute Gasteiger partial charge is 0.439 e. The fourth-order valence-corrected chi connectivity index (χ4v) is 3.57. The monoisotopic (exact) mass is 357 g/mol. The Hall–Kier alpha value is -2.40. The van der Waals surface area contributed by atoms with Crippen molar-refractivity contribution in [3.05, 3.63) is 64.9 Å². The molecule has 128 valence electrons. The number of halogens is 2. The first-order valence-electron chi connectivity index (χ1n) is 8.06. The molecule has 2 aromatic heterocycles. The van der Waals surface area contributed by atoms with E-state index < -0.39 is 0 Å². The van der Waals surface area contributed by atoms with E-state index in [1.165, 1.54) is 12.1 Å². The summed E-state index contributed by atoms with van der Waals surface area (Å²) >= 11 is 6.25. The van der Waals surface area contributed by atoms with Crippen molar-refractivity contribution in [3.63, 3.8) is 0 Å². The van der Waals surface area contributed by atoms with Crippen LogP contribution in [0.4, 0.5) is 10.1 Å². The van der Waals surface area contributed by atoms with Gasteiger partial charge in [-0.1, -0.05) is 31.5 Å². The molecule has 0 spiro atoms. The fourth-order valence-electron chi connectivity index (χ4n) is 3.28. The normalized spacial score (nSPS) is 15.9. The lowest BCUT2D eigenvalue weighted by molar-refractivity contribution is 0.366. The molecular weight excluding hydrogens is 341 g/mol. The number of hydrogen-bond acceptors (Lipinski definition) is 4. The summed E-state index contributed by atoms with van der Waals surface area (Å²) in [6.07, 6.45) is 1.72. The molecule has 4 nitrogen and oxygen atoms in total. The van der Waals surface area contributed by atoms with Gasteiger partial charge in [-0.25, -0.2) is 9.37 Å². The molecule has 0 saturated heterocycles. The predicted molar refractivity (Wildman–Crippen MR) is 95.2 cm³/mol. The zero-order valence-corrected chi connectivity index (χ0v) is 14.7. The van der Waals surface area contributed by atoms with Crippen LogP contribution in [-0.2, 0) is 12.0 Å². The molecule has 25 heavy (non-hydrogen) atoms. The van der Waals surface area contributed by atoms with E-state index in [1.807, 2.05) is 18.2 Å². The van der Waals surface area contributed by atoms with Gasteiger partial charge in [-0.3, -0.25) is 4.98 Å². The van der Waals surface area contributed by atoms with Crippen molar-refractivity contribution in [1.29, 1.82) is 0 Å². The second-order valence-electron chi connectivity index (χ2n) is 6.85. The van der Waals surface area contributed by atoms with Crippen molar-refractivity contribution in [2.75, 3.05) is 11.4 Å². The van der Waals surface area contributed by atoms with Gasteiger partial charge in [0.25, 0.3) is 0 Å². The molecule has 0 aliphatic carbocycles. The molecule has 1 aliphatic heterocycles. The van der Waals surface area contributed by atoms with E-state index in [1.54, 1.807) is 12.3 Å². The summed E-state index contributed by atoms with van der Waals surface area (Å²) in [4.78, 5) is 11.1. The van der Waals surface area contributed by atoms with Crippen LogP contribution in [0.5, 0.6) is 0 Å². The standard InChI is InChI=1S/C19H17ClFN3O/c1-19(2)11-24(16-7-6-12(21)9-13(16)20)10-15-17(19)25-18(23-15)14-5-3-4-8-22-14/h3-9H,10-11H2,1-2H3. The number of hydrogen-bond donors (Lipinski definition) is 0. The van der Waals surface area contributed by atoms with Gasteiger partial charge in [0.1, 0.15) is 23.0 Å². The van der Waals surface area contributed by atoms with Crippen LogP contribution < -0.4 is 4.90 Å². The van der Waals surface area contributed by atoms with E-state index in [9.17, 15) is 4.39 Å². The van der Waals surface area contributed by atoms with Crippen LogP contribution in [0, 0.1) is 5.82 Å². The Balaban J connectivity index is 1.74. The third-order valence-corrected chi connectivity index (χ3v) is 4.68. The Bertz CT molecular complexity index is 924. The van der Waals surface area contributed by atoms with Gasteiger partial charge in [0.05, 0.1) is 17.3 Å². The molecule has 0 unspecified atom stereocenters. The van der Waals surface area contributed by atoms with Crippen molar-refractivity contribution >= 4 is 17.3 Å². The fraction of sp³-hybridized carbons (Fsp3) is 0.263. The van der Waals surface area contributed by atoms with Crippen molar-refractivity contribution in [2.45, 2.75) is 25.8 Å². The van der Waals surface area contributed by atoms with Gasteiger partial charge in [-0.15, -0.1) is 0 Å². The zero-order valence-electron chi connectivity index (χ0n) is 14.0. The highest BCUT2D eigenvalue weighted by molar-refractivity contribution is 6.33. The van der Waals surface area contributed by atoms with Gasteiger partial charge in [0.15, 0.2) is 0 Å². The number of pyridine rings is 1. The maximum atomic E-state index is 13.4. The second kappa shape index (κ2) is 5.85. The van der Waals surface area contributed by atoms with Gasteiger partial charge in [0, 0.05) is 18.2 Å². The molecule has 0 bridgehead atoms. The topological polar surface area (TPSA) is 42.2 Å². The summed E-state index contributed by atoms with van der Waals surface area (Å²) in [5.41, 5.74) is 2.10. The molecule has 1 aromatic carbocycles. The lowest BCUT2D eigenvalue weighted by Crippen LogP contribution is -2.42. The first-order valence-corrected chi connectivity index (χ1v) is 8.43. The first-order chi connectivity index (χ1) is 11.9. The molecule has 0 fully saturated rings. The molecule has 3 aromatic rings. The number of benzene rings is 1. The minimum atomic E-state index is -0.343. The van der Waals surface area contributed by atoms with Crippen LogP contribution in [0.3, 0.4) is 0 Å². The van der Waals surface area contributed by atoms with E-state index in [-0.39, 0.29) is 11.2 Å². The number of fused-ring (bicyclic) bond motifs is 1. The second-order valence-corrected chi connectivity index (χ2v) is 7.25. The van der Waals surface area contributed by atoms with Crippen LogP contribution in [0.2, 0.25) is 5.02 Å². The Morgan fingerprint density at radius 2 is 2.08 bits per heavy atom. The van der Waals surface area contributed by atoms with Crippen molar-refractivity contribution < 1.29 is 8.81 Å². The third-order valence-electron chi connectivity index (χ3n) is 4.37. The van der Waals surface area contributed by atoms with Crippen LogP contribution in [0.1, 0.15) is 25.3 Å². The summed E-state index contributed by atoms with van der Waals surface area (Å²) in [7, 11) is 0. The minimum Gasteiger partial charge on any atom is -0.439 e. The Morgan fingerprint density at radius 1 is 1.24 bits per heavy atom. The van der Waals surface area contributed by atoms with E-state index >= 15 is 0 Å². The summed E-state index contributed by atoms with van der Waals surface area (Å²) in [6, 6.07) is 10.1. The van der Waals surface area contributed by atoms with Crippen LogP contribution in [0.15, 0.2) is 47.0 Å². The summed E-state index contributed by atoms with van der Waals surface area (Å²) < 4.78 is 19.4. The van der Waals surface area contributed by atoms with Crippen molar-refractivity contribution in [3.8, 4) is 11.6 Å². The summed E-state index contributed by atoms with van der Waals surface area (Å²) in [6.45, 7) is 5.45. The molecule has 1 aliphatic rings. The SMILES string of the molecule is CC1(C)CN(c2ccc(F)cc2Cl)Cc2nc(-c3ccccn3)oc21. The van der Waals surface area contributed by atoms with Gasteiger partial charge in [-0.2, -0.15) is 0 Å². The van der Waals surface area contributed by atoms with E-state index in [4.69, 9.17) is 16.0 Å². The highest BCUT2D eigenvalue weighted by Crippen LogP contribution is 2.39. The maximum Gasteiger partial charge on any atom is 0.245 e. The maximum absolute atomic E-state index is 13.4. The molecular formula is C19H17ClFN3O. The van der Waals surface area contributed by atoms with E-state index in [0.717, 1.165) is 17.1 Å². The number of nitrogens with zero attached hydrogens (tertiary/aromatic N) is 3. The molecule has 0 atom stereocenters. The summed E-state index contributed by atoms with van der Waals surface area (Å²) in [5, 5.41) is 0.396. The van der Waals surface area contributed by atoms with Gasteiger partial charge < -0.3 is 9.32 Å². The minimum absolute atomic E-state index is 0.259. The number of rotatable bonds is 2. The van der Waals surface area contributed by atoms with Crippen molar-refractivity contribution in [1.82, 2.24) is 9.97 Å². The van der Waals surface area contributed by atoms with Crippen molar-refractivity contribution in [2.24, 2.45) is 0 Å². The Labute approximate surface area is 150 Å². The molecule has 3 heterocycles. The number of anilines is 1. The quantitative estimate of drug-likeness (QED) is 0.659. The van der Waals surface area contributed by atoms with Crippen LogP contribution in [0.25, 0.3) is 11.6 Å². The summed E-state index contributed by atoms with van der Waals surface area (Å²) in [5.74, 6) is 1.04. The predicted octanol–water partition coefficient (Wildman–Crippen LogP) is 4.83. The van der Waals surface area contributed by atoms with Gasteiger partial charge in [-0.05, 0) is 30.3 Å². The molecule has 0 radical (unpaired) electrons. The highest BCUT2D eigenvalue weighted by Gasteiger charge is 2.37. The lowest BCUT2D eigenvalue weighted by atomic mass is 9.85. The molecule has 6 heteroatoms. The number of oxazole rings is 1. The van der Waals surface area contributed by atoms with E-state index in [0.29, 0.717) is 29.7 Å². The number of aromatic nitrogens is 2. The molecule has 0 amide bonds. The molecule has 0 saturated carbocycles. The van der Waals surface area contributed by atoms with Gasteiger partial charge in [0.2, 0.25) is 5.89 Å². The molecule has 0 N–H and O–H groups in total. The average molecular weight is 358 g/mol.